The summed E-state index contributed by atoms with van der Waals surface area (Å²) in [6, 6.07) is 20.8. The molecule has 0 radical (unpaired) electrons. The minimum absolute atomic E-state index is 0.0362. The summed E-state index contributed by atoms with van der Waals surface area (Å²) in [6.07, 6.45) is 2.05. The molecule has 0 aliphatic carbocycles. The number of aryl methyl sites for hydroxylation is 2. The minimum atomic E-state index is -3.83. The first-order valence-electron chi connectivity index (χ1n) is 13.3. The first kappa shape index (κ1) is 31.2. The van der Waals surface area contributed by atoms with Gasteiger partial charge in [-0.2, -0.15) is 0 Å². The summed E-state index contributed by atoms with van der Waals surface area (Å²) in [5.41, 5.74) is 3.83. The van der Waals surface area contributed by atoms with Crippen molar-refractivity contribution in [2.45, 2.75) is 59.2 Å². The molecule has 0 unspecified atom stereocenters. The number of halogens is 1. The lowest BCUT2D eigenvalue weighted by atomic mass is 10.0. The molecule has 3 aromatic rings. The van der Waals surface area contributed by atoms with E-state index in [4.69, 9.17) is 11.6 Å². The normalized spacial score (nSPS) is 12.8. The molecule has 0 aromatic heterocycles. The molecule has 2 amide bonds. The number of sulfonamides is 1. The van der Waals surface area contributed by atoms with Gasteiger partial charge in [-0.15, -0.1) is 0 Å². The quantitative estimate of drug-likeness (QED) is 0.314. The second-order valence-corrected chi connectivity index (χ2v) is 12.5. The molecule has 3 rings (SSSR count). The van der Waals surface area contributed by atoms with Crippen molar-refractivity contribution in [3.8, 4) is 0 Å². The average molecular weight is 584 g/mol. The van der Waals surface area contributed by atoms with E-state index in [1.807, 2.05) is 70.2 Å². The maximum atomic E-state index is 14.1. The standard InChI is InChI=1S/C31H38ClN3O4S/c1-6-24(4)33-31(37)29(19-25-12-8-7-9-13-25)34(20-26-14-10-11-15-28(26)32)30(36)21-35(40(5,38)39)27-17-16-22(2)23(3)18-27/h7-18,24,29H,6,19-21H2,1-5H3,(H,33,37)/t24-,29+/m0/s1. The van der Waals surface area contributed by atoms with E-state index in [0.717, 1.165) is 33.7 Å². The van der Waals surface area contributed by atoms with Gasteiger partial charge in [-0.3, -0.25) is 13.9 Å². The molecule has 9 heteroatoms. The van der Waals surface area contributed by atoms with Crippen LogP contribution in [0.3, 0.4) is 0 Å². The van der Waals surface area contributed by atoms with Gasteiger partial charge in [-0.1, -0.05) is 73.1 Å². The van der Waals surface area contributed by atoms with Gasteiger partial charge in [0.15, 0.2) is 0 Å². The first-order chi connectivity index (χ1) is 18.9. The van der Waals surface area contributed by atoms with Gasteiger partial charge >= 0.3 is 0 Å². The fourth-order valence-corrected chi connectivity index (χ4v) is 5.34. The number of nitrogens with zero attached hydrogens (tertiary/aromatic N) is 2. The summed E-state index contributed by atoms with van der Waals surface area (Å²) in [7, 11) is -3.83. The maximum absolute atomic E-state index is 14.1. The van der Waals surface area contributed by atoms with Gasteiger partial charge < -0.3 is 10.2 Å². The third-order valence-electron chi connectivity index (χ3n) is 7.03. The van der Waals surface area contributed by atoms with Crippen LogP contribution in [-0.4, -0.2) is 50.0 Å². The van der Waals surface area contributed by atoms with E-state index in [1.165, 1.54) is 4.90 Å². The number of rotatable bonds is 12. The predicted octanol–water partition coefficient (Wildman–Crippen LogP) is 5.28. The van der Waals surface area contributed by atoms with E-state index < -0.39 is 28.5 Å². The Morgan fingerprint density at radius 1 is 0.950 bits per heavy atom. The van der Waals surface area contributed by atoms with E-state index in [1.54, 1.807) is 30.3 Å². The molecule has 0 spiro atoms. The third kappa shape index (κ3) is 8.32. The summed E-state index contributed by atoms with van der Waals surface area (Å²) >= 11 is 6.49. The van der Waals surface area contributed by atoms with Crippen LogP contribution in [0.5, 0.6) is 0 Å². The highest BCUT2D eigenvalue weighted by Crippen LogP contribution is 2.24. The van der Waals surface area contributed by atoms with Crippen LogP contribution >= 0.6 is 11.6 Å². The molecule has 0 aliphatic heterocycles. The second kappa shape index (κ2) is 13.8. The topological polar surface area (TPSA) is 86.8 Å². The van der Waals surface area contributed by atoms with Crippen LogP contribution in [-0.2, 0) is 32.6 Å². The number of benzene rings is 3. The van der Waals surface area contributed by atoms with Gasteiger partial charge in [0, 0.05) is 24.0 Å². The van der Waals surface area contributed by atoms with Crippen molar-refractivity contribution >= 4 is 39.1 Å². The molecule has 214 valence electrons. The van der Waals surface area contributed by atoms with Crippen molar-refractivity contribution < 1.29 is 18.0 Å². The van der Waals surface area contributed by atoms with E-state index in [2.05, 4.69) is 5.32 Å². The summed E-state index contributed by atoms with van der Waals surface area (Å²) in [5.74, 6) is -0.820. The summed E-state index contributed by atoms with van der Waals surface area (Å²) in [6.45, 7) is 7.27. The van der Waals surface area contributed by atoms with Crippen LogP contribution in [0.15, 0.2) is 72.8 Å². The van der Waals surface area contributed by atoms with E-state index in [0.29, 0.717) is 16.3 Å². The SMILES string of the molecule is CC[C@H](C)NC(=O)[C@@H](Cc1ccccc1)N(Cc1ccccc1Cl)C(=O)CN(c1ccc(C)c(C)c1)S(C)(=O)=O. The zero-order valence-corrected chi connectivity index (χ0v) is 25.3. The predicted molar refractivity (Wildman–Crippen MR) is 162 cm³/mol. The molecular formula is C31H38ClN3O4S. The number of hydrogen-bond acceptors (Lipinski definition) is 4. The lowest BCUT2D eigenvalue weighted by Crippen LogP contribution is -2.54. The number of hydrogen-bond donors (Lipinski definition) is 1. The highest BCUT2D eigenvalue weighted by Gasteiger charge is 2.33. The van der Waals surface area contributed by atoms with Crippen LogP contribution < -0.4 is 9.62 Å². The lowest BCUT2D eigenvalue weighted by molar-refractivity contribution is -0.140. The highest BCUT2D eigenvalue weighted by molar-refractivity contribution is 7.92. The van der Waals surface area contributed by atoms with Crippen LogP contribution in [0.4, 0.5) is 5.69 Å². The molecular weight excluding hydrogens is 546 g/mol. The molecule has 0 saturated carbocycles. The number of carbonyl (C=O) groups is 2. The Morgan fingerprint density at radius 3 is 2.20 bits per heavy atom. The second-order valence-electron chi connectivity index (χ2n) is 10.2. The Kier molecular flexibility index (Phi) is 10.8. The van der Waals surface area contributed by atoms with Gasteiger partial charge in [0.05, 0.1) is 11.9 Å². The molecule has 7 nitrogen and oxygen atoms in total. The van der Waals surface area contributed by atoms with Crippen LogP contribution in [0.1, 0.15) is 42.5 Å². The highest BCUT2D eigenvalue weighted by atomic mass is 35.5. The zero-order valence-electron chi connectivity index (χ0n) is 23.7. The van der Waals surface area contributed by atoms with Crippen molar-refractivity contribution in [2.24, 2.45) is 0 Å². The molecule has 0 heterocycles. The Labute approximate surface area is 243 Å². The lowest BCUT2D eigenvalue weighted by Gasteiger charge is -2.34. The Morgan fingerprint density at radius 2 is 1.60 bits per heavy atom. The molecule has 3 aromatic carbocycles. The number of nitrogens with one attached hydrogen (secondary N) is 1. The fraction of sp³-hybridized carbons (Fsp3) is 0.355. The molecule has 0 aliphatic rings. The monoisotopic (exact) mass is 583 g/mol. The van der Waals surface area contributed by atoms with Crippen LogP contribution in [0, 0.1) is 13.8 Å². The number of carbonyl (C=O) groups excluding carboxylic acids is 2. The van der Waals surface area contributed by atoms with E-state index >= 15 is 0 Å². The van der Waals surface area contributed by atoms with Crippen molar-refractivity contribution in [3.05, 3.63) is 100 Å². The largest absolute Gasteiger partial charge is 0.352 e. The maximum Gasteiger partial charge on any atom is 0.244 e. The Hall–Kier alpha value is -3.36. The van der Waals surface area contributed by atoms with Crippen molar-refractivity contribution in [3.63, 3.8) is 0 Å². The van der Waals surface area contributed by atoms with Crippen molar-refractivity contribution in [1.29, 1.82) is 0 Å². The van der Waals surface area contributed by atoms with Crippen molar-refractivity contribution in [2.75, 3.05) is 17.1 Å². The van der Waals surface area contributed by atoms with E-state index in [9.17, 15) is 18.0 Å². The summed E-state index contributed by atoms with van der Waals surface area (Å²) in [5, 5.41) is 3.47. The summed E-state index contributed by atoms with van der Waals surface area (Å²) < 4.78 is 27.0. The Balaban J connectivity index is 2.08. The zero-order chi connectivity index (χ0) is 29.4. The smallest absolute Gasteiger partial charge is 0.244 e. The van der Waals surface area contributed by atoms with Gasteiger partial charge in [0.2, 0.25) is 21.8 Å². The number of amides is 2. The first-order valence-corrected chi connectivity index (χ1v) is 15.6. The van der Waals surface area contributed by atoms with Crippen molar-refractivity contribution in [1.82, 2.24) is 10.2 Å². The van der Waals surface area contributed by atoms with Crippen LogP contribution in [0.2, 0.25) is 5.02 Å². The van der Waals surface area contributed by atoms with Gasteiger partial charge in [-0.25, -0.2) is 8.42 Å². The molecule has 0 fully saturated rings. The molecule has 1 N–H and O–H groups in total. The van der Waals surface area contributed by atoms with Gasteiger partial charge in [0.25, 0.3) is 0 Å². The average Bonchev–Trinajstić information content (AvgIpc) is 2.91. The minimum Gasteiger partial charge on any atom is -0.352 e. The molecule has 40 heavy (non-hydrogen) atoms. The molecule has 0 saturated heterocycles. The third-order valence-corrected chi connectivity index (χ3v) is 8.54. The van der Waals surface area contributed by atoms with E-state index in [-0.39, 0.29) is 24.9 Å². The van der Waals surface area contributed by atoms with Gasteiger partial charge in [0.1, 0.15) is 12.6 Å². The van der Waals surface area contributed by atoms with Gasteiger partial charge in [-0.05, 0) is 67.6 Å². The summed E-state index contributed by atoms with van der Waals surface area (Å²) in [4.78, 5) is 29.3. The molecule has 0 bridgehead atoms. The molecule has 2 atom stereocenters. The fourth-order valence-electron chi connectivity index (χ4n) is 4.30. The van der Waals surface area contributed by atoms with Crippen LogP contribution in [0.25, 0.3) is 0 Å². The number of anilines is 1. The Bertz CT molecular complexity index is 1430.